The van der Waals surface area contributed by atoms with E-state index >= 15 is 0 Å². The predicted octanol–water partition coefficient (Wildman–Crippen LogP) is 2.54. The van der Waals surface area contributed by atoms with Gasteiger partial charge in [-0.15, -0.1) is 0 Å². The molecule has 1 aromatic carbocycles. The highest BCUT2D eigenvalue weighted by Crippen LogP contribution is 2.21. The Morgan fingerprint density at radius 1 is 1.38 bits per heavy atom. The summed E-state index contributed by atoms with van der Waals surface area (Å²) in [6.07, 6.45) is 1.15. The molecule has 1 unspecified atom stereocenters. The Morgan fingerprint density at radius 3 is 2.67 bits per heavy atom. The van der Waals surface area contributed by atoms with Crippen LogP contribution < -0.4 is 10.1 Å². The molecule has 0 fully saturated rings. The largest absolute Gasteiger partial charge is 0.483 e. The summed E-state index contributed by atoms with van der Waals surface area (Å²) in [4.78, 5) is 11.8. The van der Waals surface area contributed by atoms with Gasteiger partial charge < -0.3 is 15.2 Å². The van der Waals surface area contributed by atoms with Gasteiger partial charge in [-0.1, -0.05) is 39.0 Å². The molecule has 1 aromatic rings. The van der Waals surface area contributed by atoms with Gasteiger partial charge in [0.25, 0.3) is 5.91 Å². The molecule has 0 heterocycles. The first-order valence-corrected chi connectivity index (χ1v) is 7.49. The zero-order chi connectivity index (χ0) is 15.9. The van der Waals surface area contributed by atoms with Crippen LogP contribution in [0, 0.1) is 5.41 Å². The van der Waals surface area contributed by atoms with Crippen LogP contribution in [0.25, 0.3) is 0 Å². The van der Waals surface area contributed by atoms with Gasteiger partial charge in [0.15, 0.2) is 6.61 Å². The maximum absolute atomic E-state index is 11.8. The monoisotopic (exact) mass is 293 g/mol. The molecule has 0 spiro atoms. The van der Waals surface area contributed by atoms with Gasteiger partial charge in [0.05, 0.1) is 6.10 Å². The van der Waals surface area contributed by atoms with Crippen molar-refractivity contribution in [2.75, 3.05) is 13.2 Å². The molecule has 1 rings (SSSR count). The topological polar surface area (TPSA) is 58.6 Å². The lowest BCUT2D eigenvalue weighted by Gasteiger charge is -2.26. The summed E-state index contributed by atoms with van der Waals surface area (Å²) in [5.41, 5.74) is 0.963. The van der Waals surface area contributed by atoms with Gasteiger partial charge in [-0.25, -0.2) is 0 Å². The standard InChI is InChI=1S/C17H27NO3/c1-5-14-8-6-7-9-15(14)21-11-16(20)18-12-17(3,4)10-13(2)19/h6-9,13,19H,5,10-12H2,1-4H3,(H,18,20). The summed E-state index contributed by atoms with van der Waals surface area (Å²) in [7, 11) is 0. The van der Waals surface area contributed by atoms with Gasteiger partial charge in [0, 0.05) is 6.54 Å². The van der Waals surface area contributed by atoms with Crippen molar-refractivity contribution in [1.82, 2.24) is 5.32 Å². The maximum Gasteiger partial charge on any atom is 0.257 e. The number of ether oxygens (including phenoxy) is 1. The predicted molar refractivity (Wildman–Crippen MR) is 84.4 cm³/mol. The van der Waals surface area contributed by atoms with Crippen molar-refractivity contribution in [2.24, 2.45) is 5.41 Å². The number of hydrogen-bond acceptors (Lipinski definition) is 3. The van der Waals surface area contributed by atoms with E-state index in [0.717, 1.165) is 17.7 Å². The Labute approximate surface area is 127 Å². The summed E-state index contributed by atoms with van der Waals surface area (Å²) in [6.45, 7) is 8.40. The second-order valence-corrected chi connectivity index (χ2v) is 6.24. The summed E-state index contributed by atoms with van der Waals surface area (Å²) < 4.78 is 5.57. The quantitative estimate of drug-likeness (QED) is 0.774. The highest BCUT2D eigenvalue weighted by atomic mass is 16.5. The number of nitrogens with one attached hydrogen (secondary N) is 1. The molecule has 4 heteroatoms. The summed E-state index contributed by atoms with van der Waals surface area (Å²) >= 11 is 0. The molecule has 0 aromatic heterocycles. The van der Waals surface area contributed by atoms with Crippen molar-refractivity contribution in [3.63, 3.8) is 0 Å². The number of carbonyl (C=O) groups is 1. The molecular weight excluding hydrogens is 266 g/mol. The Balaban J connectivity index is 2.41. The van der Waals surface area contributed by atoms with Crippen LogP contribution in [0.2, 0.25) is 0 Å². The number of rotatable bonds is 8. The van der Waals surface area contributed by atoms with Crippen molar-refractivity contribution < 1.29 is 14.6 Å². The number of aryl methyl sites for hydroxylation is 1. The van der Waals surface area contributed by atoms with Gasteiger partial charge in [0.1, 0.15) is 5.75 Å². The average Bonchev–Trinajstić information content (AvgIpc) is 2.42. The number of amides is 1. The second kappa shape index (κ2) is 8.03. The van der Waals surface area contributed by atoms with Crippen LogP contribution in [-0.2, 0) is 11.2 Å². The van der Waals surface area contributed by atoms with Crippen molar-refractivity contribution in [3.05, 3.63) is 29.8 Å². The number of hydrogen-bond donors (Lipinski definition) is 2. The fraction of sp³-hybridized carbons (Fsp3) is 0.588. The molecule has 0 aliphatic heterocycles. The summed E-state index contributed by atoms with van der Waals surface area (Å²) in [5, 5.41) is 12.3. The van der Waals surface area contributed by atoms with E-state index in [-0.39, 0.29) is 24.0 Å². The molecular formula is C17H27NO3. The molecule has 0 saturated heterocycles. The molecule has 118 valence electrons. The number of carbonyl (C=O) groups excluding carboxylic acids is 1. The molecule has 0 saturated carbocycles. The molecule has 0 aliphatic carbocycles. The van der Waals surface area contributed by atoms with Crippen LogP contribution in [0.1, 0.15) is 39.7 Å². The van der Waals surface area contributed by atoms with Crippen molar-refractivity contribution in [3.8, 4) is 5.75 Å². The van der Waals surface area contributed by atoms with Gasteiger partial charge in [-0.05, 0) is 36.8 Å². The van der Waals surface area contributed by atoms with Gasteiger partial charge >= 0.3 is 0 Å². The molecule has 1 atom stereocenters. The Hall–Kier alpha value is -1.55. The lowest BCUT2D eigenvalue weighted by Crippen LogP contribution is -2.38. The van der Waals surface area contributed by atoms with Crippen LogP contribution in [0.3, 0.4) is 0 Å². The zero-order valence-electron chi connectivity index (χ0n) is 13.5. The minimum absolute atomic E-state index is 0.0156. The molecule has 4 nitrogen and oxygen atoms in total. The van der Waals surface area contributed by atoms with Gasteiger partial charge in [0.2, 0.25) is 0 Å². The highest BCUT2D eigenvalue weighted by Gasteiger charge is 2.21. The fourth-order valence-corrected chi connectivity index (χ4v) is 2.34. The van der Waals surface area contributed by atoms with Crippen molar-refractivity contribution in [1.29, 1.82) is 0 Å². The van der Waals surface area contributed by atoms with E-state index in [4.69, 9.17) is 4.74 Å². The first-order valence-electron chi connectivity index (χ1n) is 7.49. The third-order valence-electron chi connectivity index (χ3n) is 3.32. The van der Waals surface area contributed by atoms with E-state index < -0.39 is 0 Å². The molecule has 0 radical (unpaired) electrons. The lowest BCUT2D eigenvalue weighted by atomic mass is 9.87. The minimum atomic E-state index is -0.371. The highest BCUT2D eigenvalue weighted by molar-refractivity contribution is 5.77. The van der Waals surface area contributed by atoms with E-state index in [2.05, 4.69) is 12.2 Å². The molecule has 1 amide bonds. The average molecular weight is 293 g/mol. The number of benzene rings is 1. The number of para-hydroxylation sites is 1. The van der Waals surface area contributed by atoms with E-state index in [9.17, 15) is 9.90 Å². The molecule has 2 N–H and O–H groups in total. The van der Waals surface area contributed by atoms with Crippen molar-refractivity contribution in [2.45, 2.75) is 46.6 Å². The third kappa shape index (κ3) is 6.63. The number of aliphatic hydroxyl groups is 1. The Morgan fingerprint density at radius 2 is 2.05 bits per heavy atom. The van der Waals surface area contributed by atoms with E-state index in [1.54, 1.807) is 6.92 Å². The molecule has 0 aliphatic rings. The zero-order valence-corrected chi connectivity index (χ0v) is 13.5. The minimum Gasteiger partial charge on any atom is -0.483 e. The first kappa shape index (κ1) is 17.5. The van der Waals surface area contributed by atoms with Crippen molar-refractivity contribution >= 4 is 5.91 Å². The Bertz CT molecular complexity index is 455. The first-order chi connectivity index (χ1) is 9.84. The summed E-state index contributed by atoms with van der Waals surface area (Å²) in [6, 6.07) is 7.74. The van der Waals surface area contributed by atoms with Crippen LogP contribution in [0.5, 0.6) is 5.75 Å². The maximum atomic E-state index is 11.8. The van der Waals surface area contributed by atoms with Crippen LogP contribution in [-0.4, -0.2) is 30.3 Å². The molecule has 21 heavy (non-hydrogen) atoms. The van der Waals surface area contributed by atoms with Crippen LogP contribution in [0.4, 0.5) is 0 Å². The van der Waals surface area contributed by atoms with E-state index in [0.29, 0.717) is 13.0 Å². The second-order valence-electron chi connectivity index (χ2n) is 6.24. The number of aliphatic hydroxyl groups excluding tert-OH is 1. The fourth-order valence-electron chi connectivity index (χ4n) is 2.34. The lowest BCUT2D eigenvalue weighted by molar-refractivity contribution is -0.123. The Kier molecular flexibility index (Phi) is 6.69. The van der Waals surface area contributed by atoms with Crippen LogP contribution >= 0.6 is 0 Å². The SMILES string of the molecule is CCc1ccccc1OCC(=O)NCC(C)(C)CC(C)O. The molecule has 0 bridgehead atoms. The summed E-state index contributed by atoms with van der Waals surface area (Å²) in [5.74, 6) is 0.623. The third-order valence-corrected chi connectivity index (χ3v) is 3.32. The normalized spacial score (nSPS) is 12.8. The van der Waals surface area contributed by atoms with Gasteiger partial charge in [-0.2, -0.15) is 0 Å². The van der Waals surface area contributed by atoms with Gasteiger partial charge in [-0.3, -0.25) is 4.79 Å². The van der Waals surface area contributed by atoms with Crippen LogP contribution in [0.15, 0.2) is 24.3 Å². The van der Waals surface area contributed by atoms with E-state index in [1.807, 2.05) is 38.1 Å². The smallest absolute Gasteiger partial charge is 0.257 e. The van der Waals surface area contributed by atoms with E-state index in [1.165, 1.54) is 0 Å².